The third-order valence-electron chi connectivity index (χ3n) is 4.48. The summed E-state index contributed by atoms with van der Waals surface area (Å²) in [4.78, 5) is 18.9. The van der Waals surface area contributed by atoms with E-state index in [1.165, 1.54) is 0 Å². The lowest BCUT2D eigenvalue weighted by atomic mass is 9.96. The molecule has 1 aliphatic heterocycles. The molecule has 0 aliphatic carbocycles. The summed E-state index contributed by atoms with van der Waals surface area (Å²) in [5.74, 6) is 1.38. The van der Waals surface area contributed by atoms with Crippen molar-refractivity contribution in [2.24, 2.45) is 7.05 Å². The van der Waals surface area contributed by atoms with Crippen molar-refractivity contribution in [3.05, 3.63) is 48.4 Å². The van der Waals surface area contributed by atoms with E-state index in [2.05, 4.69) is 15.2 Å². The van der Waals surface area contributed by atoms with Gasteiger partial charge in [-0.2, -0.15) is 0 Å². The Morgan fingerprint density at radius 2 is 2.09 bits per heavy atom. The van der Waals surface area contributed by atoms with Crippen molar-refractivity contribution < 1.29 is 4.79 Å². The highest BCUT2D eigenvalue weighted by Crippen LogP contribution is 2.26. The van der Waals surface area contributed by atoms with Crippen molar-refractivity contribution in [3.8, 4) is 0 Å². The van der Waals surface area contributed by atoms with E-state index < -0.39 is 0 Å². The van der Waals surface area contributed by atoms with E-state index in [-0.39, 0.29) is 5.91 Å². The normalized spacial score (nSPS) is 16.1. The molecule has 3 aromatic heterocycles. The number of carbonyl (C=O) groups is 1. The minimum atomic E-state index is 0.00474. The molecule has 1 saturated heterocycles. The van der Waals surface area contributed by atoms with Gasteiger partial charge < -0.3 is 13.9 Å². The molecule has 0 unspecified atom stereocenters. The zero-order chi connectivity index (χ0) is 15.8. The Balaban J connectivity index is 1.47. The van der Waals surface area contributed by atoms with Crippen molar-refractivity contribution in [3.63, 3.8) is 0 Å². The Bertz CT molecular complexity index is 810. The molecule has 0 atom stereocenters. The van der Waals surface area contributed by atoms with Gasteiger partial charge in [-0.25, -0.2) is 4.98 Å². The average Bonchev–Trinajstić information content (AvgIpc) is 3.20. The number of hydrogen-bond acceptors (Lipinski definition) is 4. The molecule has 4 heterocycles. The number of rotatable bonds is 2. The van der Waals surface area contributed by atoms with Gasteiger partial charge in [0.05, 0.1) is 0 Å². The highest BCUT2D eigenvalue weighted by atomic mass is 16.2. The standard InChI is InChI=1S/C16H18N6O/c1-20-11-17-19-15(20)12-5-8-21(9-6-12)16(23)13-10-22-7-3-2-4-14(22)18-13/h2-4,7,10-12H,5-6,8-9H2,1H3. The molecule has 0 saturated carbocycles. The number of imidazole rings is 1. The molecule has 118 valence electrons. The van der Waals surface area contributed by atoms with Gasteiger partial charge in [0.25, 0.3) is 5.91 Å². The number of piperidine rings is 1. The molecule has 3 aromatic rings. The Kier molecular flexibility index (Phi) is 3.33. The van der Waals surface area contributed by atoms with Gasteiger partial charge in [0, 0.05) is 38.4 Å². The first kappa shape index (κ1) is 13.9. The molecule has 4 rings (SSSR count). The Morgan fingerprint density at radius 3 is 2.78 bits per heavy atom. The molecule has 0 bridgehead atoms. The summed E-state index contributed by atoms with van der Waals surface area (Å²) in [6.07, 6.45) is 7.24. The van der Waals surface area contributed by atoms with E-state index in [0.717, 1.165) is 37.4 Å². The summed E-state index contributed by atoms with van der Waals surface area (Å²) in [7, 11) is 1.96. The largest absolute Gasteiger partial charge is 0.337 e. The van der Waals surface area contributed by atoms with Gasteiger partial charge in [0.15, 0.2) is 0 Å². The van der Waals surface area contributed by atoms with Gasteiger partial charge >= 0.3 is 0 Å². The lowest BCUT2D eigenvalue weighted by Gasteiger charge is -2.30. The number of amides is 1. The second kappa shape index (κ2) is 5.49. The molecule has 1 aliphatic rings. The first-order valence-electron chi connectivity index (χ1n) is 7.79. The predicted molar refractivity (Wildman–Crippen MR) is 84.1 cm³/mol. The molecule has 0 radical (unpaired) electrons. The van der Waals surface area contributed by atoms with Gasteiger partial charge in [-0.15, -0.1) is 10.2 Å². The van der Waals surface area contributed by atoms with Crippen molar-refractivity contribution in [2.75, 3.05) is 13.1 Å². The van der Waals surface area contributed by atoms with Crippen LogP contribution in [0.2, 0.25) is 0 Å². The third-order valence-corrected chi connectivity index (χ3v) is 4.48. The Morgan fingerprint density at radius 1 is 1.26 bits per heavy atom. The topological polar surface area (TPSA) is 68.3 Å². The SMILES string of the molecule is Cn1cnnc1C1CCN(C(=O)c2cn3ccccc3n2)CC1. The summed E-state index contributed by atoms with van der Waals surface area (Å²) in [5.41, 5.74) is 1.30. The van der Waals surface area contributed by atoms with E-state index in [1.807, 2.05) is 45.3 Å². The number of aromatic nitrogens is 5. The fourth-order valence-electron chi connectivity index (χ4n) is 3.20. The van der Waals surface area contributed by atoms with Gasteiger partial charge in [0.1, 0.15) is 23.5 Å². The zero-order valence-corrected chi connectivity index (χ0v) is 13.0. The quantitative estimate of drug-likeness (QED) is 0.719. The maximum absolute atomic E-state index is 12.6. The van der Waals surface area contributed by atoms with Gasteiger partial charge in [-0.1, -0.05) is 6.07 Å². The van der Waals surface area contributed by atoms with Crippen LogP contribution in [-0.4, -0.2) is 48.0 Å². The highest BCUT2D eigenvalue weighted by Gasteiger charge is 2.27. The first-order chi connectivity index (χ1) is 11.2. The second-order valence-electron chi connectivity index (χ2n) is 5.96. The number of fused-ring (bicyclic) bond motifs is 1. The third kappa shape index (κ3) is 2.48. The maximum atomic E-state index is 12.6. The molecule has 1 amide bonds. The number of carbonyl (C=O) groups excluding carboxylic acids is 1. The van der Waals surface area contributed by atoms with Crippen LogP contribution < -0.4 is 0 Å². The smallest absolute Gasteiger partial charge is 0.274 e. The van der Waals surface area contributed by atoms with E-state index in [4.69, 9.17) is 0 Å². The average molecular weight is 310 g/mol. The lowest BCUT2D eigenvalue weighted by molar-refractivity contribution is 0.0705. The fraction of sp³-hybridized carbons (Fsp3) is 0.375. The minimum Gasteiger partial charge on any atom is -0.337 e. The monoisotopic (exact) mass is 310 g/mol. The van der Waals surface area contributed by atoms with Crippen LogP contribution >= 0.6 is 0 Å². The predicted octanol–water partition coefficient (Wildman–Crippen LogP) is 1.48. The summed E-state index contributed by atoms with van der Waals surface area (Å²) >= 11 is 0. The summed E-state index contributed by atoms with van der Waals surface area (Å²) < 4.78 is 3.84. The summed E-state index contributed by atoms with van der Waals surface area (Å²) in [5, 5.41) is 8.13. The number of hydrogen-bond donors (Lipinski definition) is 0. The van der Waals surface area contributed by atoms with E-state index in [0.29, 0.717) is 11.6 Å². The van der Waals surface area contributed by atoms with Crippen LogP contribution in [0.3, 0.4) is 0 Å². The molecule has 7 nitrogen and oxygen atoms in total. The van der Waals surface area contributed by atoms with Crippen LogP contribution in [0.5, 0.6) is 0 Å². The van der Waals surface area contributed by atoms with Crippen molar-refractivity contribution in [1.29, 1.82) is 0 Å². The number of aryl methyl sites for hydroxylation is 1. The first-order valence-corrected chi connectivity index (χ1v) is 7.79. The van der Waals surface area contributed by atoms with Crippen LogP contribution in [0.25, 0.3) is 5.65 Å². The lowest BCUT2D eigenvalue weighted by Crippen LogP contribution is -2.38. The van der Waals surface area contributed by atoms with Crippen LogP contribution in [0.15, 0.2) is 36.9 Å². The maximum Gasteiger partial charge on any atom is 0.274 e. The number of likely N-dealkylation sites (tertiary alicyclic amines) is 1. The van der Waals surface area contributed by atoms with E-state index >= 15 is 0 Å². The molecular weight excluding hydrogens is 292 g/mol. The van der Waals surface area contributed by atoms with Crippen LogP contribution in [-0.2, 0) is 7.05 Å². The van der Waals surface area contributed by atoms with E-state index in [1.54, 1.807) is 12.5 Å². The minimum absolute atomic E-state index is 0.00474. The molecular formula is C16H18N6O. The molecule has 23 heavy (non-hydrogen) atoms. The van der Waals surface area contributed by atoms with Gasteiger partial charge in [0.2, 0.25) is 0 Å². The van der Waals surface area contributed by atoms with Crippen LogP contribution in [0.1, 0.15) is 35.1 Å². The molecule has 1 fully saturated rings. The molecule has 7 heteroatoms. The molecule has 0 N–H and O–H groups in total. The van der Waals surface area contributed by atoms with Gasteiger partial charge in [-0.3, -0.25) is 4.79 Å². The fourth-order valence-corrected chi connectivity index (χ4v) is 3.20. The summed E-state index contributed by atoms with van der Waals surface area (Å²) in [6, 6.07) is 5.75. The van der Waals surface area contributed by atoms with Crippen LogP contribution in [0, 0.1) is 0 Å². The second-order valence-corrected chi connectivity index (χ2v) is 5.96. The van der Waals surface area contributed by atoms with Crippen molar-refractivity contribution in [2.45, 2.75) is 18.8 Å². The van der Waals surface area contributed by atoms with Crippen molar-refractivity contribution >= 4 is 11.6 Å². The number of nitrogens with zero attached hydrogens (tertiary/aromatic N) is 6. The molecule has 0 aromatic carbocycles. The highest BCUT2D eigenvalue weighted by molar-refractivity contribution is 5.93. The number of pyridine rings is 1. The molecule has 0 spiro atoms. The van der Waals surface area contributed by atoms with Crippen LogP contribution in [0.4, 0.5) is 0 Å². The van der Waals surface area contributed by atoms with Gasteiger partial charge in [-0.05, 0) is 25.0 Å². The summed E-state index contributed by atoms with van der Waals surface area (Å²) in [6.45, 7) is 1.45. The van der Waals surface area contributed by atoms with Crippen molar-refractivity contribution in [1.82, 2.24) is 29.0 Å². The van der Waals surface area contributed by atoms with E-state index in [9.17, 15) is 4.79 Å². The Labute approximate surface area is 133 Å². The Hall–Kier alpha value is -2.70. The zero-order valence-electron chi connectivity index (χ0n) is 13.0.